The van der Waals surface area contributed by atoms with Crippen molar-refractivity contribution in [3.63, 3.8) is 0 Å². The van der Waals surface area contributed by atoms with E-state index in [4.69, 9.17) is 4.74 Å². The molecule has 110 valence electrons. The topological polar surface area (TPSA) is 21.3 Å². The van der Waals surface area contributed by atoms with Gasteiger partial charge in [0.1, 0.15) is 11.9 Å². The van der Waals surface area contributed by atoms with Crippen molar-refractivity contribution in [1.82, 2.24) is 5.32 Å². The largest absolute Gasteiger partial charge is 0.489 e. The summed E-state index contributed by atoms with van der Waals surface area (Å²) in [6.07, 6.45) is 9.16. The zero-order valence-corrected chi connectivity index (χ0v) is 12.8. The van der Waals surface area contributed by atoms with Gasteiger partial charge in [-0.1, -0.05) is 19.4 Å². The van der Waals surface area contributed by atoms with Crippen LogP contribution in [0.25, 0.3) is 0 Å². The number of rotatable bonds is 4. The Balaban J connectivity index is 1.71. The van der Waals surface area contributed by atoms with Gasteiger partial charge >= 0.3 is 0 Å². The van der Waals surface area contributed by atoms with Crippen LogP contribution in [0.5, 0.6) is 5.75 Å². The molecule has 0 aliphatic heterocycles. The van der Waals surface area contributed by atoms with Crippen LogP contribution in [0.3, 0.4) is 0 Å². The molecule has 0 amide bonds. The maximum atomic E-state index is 6.35. The summed E-state index contributed by atoms with van der Waals surface area (Å²) in [7, 11) is 2.07. The van der Waals surface area contributed by atoms with Gasteiger partial charge in [-0.3, -0.25) is 0 Å². The van der Waals surface area contributed by atoms with Gasteiger partial charge in [0.15, 0.2) is 0 Å². The van der Waals surface area contributed by atoms with Crippen LogP contribution in [0, 0.1) is 5.92 Å². The van der Waals surface area contributed by atoms with Crippen molar-refractivity contribution in [2.75, 3.05) is 7.05 Å². The second-order valence-corrected chi connectivity index (χ2v) is 6.42. The zero-order valence-electron chi connectivity index (χ0n) is 12.8. The van der Waals surface area contributed by atoms with Gasteiger partial charge in [-0.15, -0.1) is 0 Å². The number of nitrogens with one attached hydrogen (secondary N) is 1. The van der Waals surface area contributed by atoms with E-state index >= 15 is 0 Å². The lowest BCUT2D eigenvalue weighted by atomic mass is 9.82. The minimum atomic E-state index is 0.332. The summed E-state index contributed by atoms with van der Waals surface area (Å²) in [6.45, 7) is 2.30. The predicted octanol–water partition coefficient (Wildman–Crippen LogP) is 3.72. The molecule has 1 fully saturated rings. The first-order valence-corrected chi connectivity index (χ1v) is 8.26. The molecule has 2 aliphatic rings. The molecule has 3 atom stereocenters. The Morgan fingerprint density at radius 3 is 2.85 bits per heavy atom. The lowest BCUT2D eigenvalue weighted by Crippen LogP contribution is -2.45. The van der Waals surface area contributed by atoms with Crippen LogP contribution in [0.2, 0.25) is 0 Å². The molecular weight excluding hydrogens is 246 g/mol. The number of benzene rings is 1. The predicted molar refractivity (Wildman–Crippen MR) is 83.4 cm³/mol. The van der Waals surface area contributed by atoms with Crippen LogP contribution in [-0.4, -0.2) is 19.2 Å². The number of hydrogen-bond donors (Lipinski definition) is 1. The van der Waals surface area contributed by atoms with E-state index in [-0.39, 0.29) is 0 Å². The summed E-state index contributed by atoms with van der Waals surface area (Å²) in [5, 5.41) is 3.45. The van der Waals surface area contributed by atoms with Gasteiger partial charge in [-0.25, -0.2) is 0 Å². The summed E-state index contributed by atoms with van der Waals surface area (Å²) < 4.78 is 6.35. The highest BCUT2D eigenvalue weighted by molar-refractivity contribution is 5.38. The van der Waals surface area contributed by atoms with Crippen molar-refractivity contribution >= 4 is 0 Å². The van der Waals surface area contributed by atoms with E-state index in [1.54, 1.807) is 0 Å². The van der Waals surface area contributed by atoms with Crippen molar-refractivity contribution in [1.29, 1.82) is 0 Å². The van der Waals surface area contributed by atoms with E-state index in [0.29, 0.717) is 12.1 Å². The highest BCUT2D eigenvalue weighted by Crippen LogP contribution is 2.32. The van der Waals surface area contributed by atoms with Crippen LogP contribution in [0.4, 0.5) is 0 Å². The standard InChI is InChI=1S/C18H27NO/c1-3-13-7-10-17(19-2)18(11-13)20-16-9-8-14-5-4-6-15(14)12-16/h8-9,12-13,17-19H,3-7,10-11H2,1-2H3. The molecule has 3 unspecified atom stereocenters. The Morgan fingerprint density at radius 2 is 2.05 bits per heavy atom. The molecule has 2 aliphatic carbocycles. The summed E-state index contributed by atoms with van der Waals surface area (Å²) in [5.41, 5.74) is 3.03. The van der Waals surface area contributed by atoms with E-state index in [2.05, 4.69) is 37.5 Å². The monoisotopic (exact) mass is 273 g/mol. The lowest BCUT2D eigenvalue weighted by molar-refractivity contribution is 0.0882. The third-order valence-electron chi connectivity index (χ3n) is 5.21. The van der Waals surface area contributed by atoms with Crippen molar-refractivity contribution in [3.05, 3.63) is 29.3 Å². The second kappa shape index (κ2) is 6.17. The molecule has 2 nitrogen and oxygen atoms in total. The normalized spacial score (nSPS) is 29.2. The Labute approximate surface area is 122 Å². The van der Waals surface area contributed by atoms with Gasteiger partial charge in [0, 0.05) is 6.04 Å². The maximum Gasteiger partial charge on any atom is 0.120 e. The molecule has 2 heteroatoms. The molecule has 3 rings (SSSR count). The molecule has 20 heavy (non-hydrogen) atoms. The summed E-state index contributed by atoms with van der Waals surface area (Å²) >= 11 is 0. The zero-order chi connectivity index (χ0) is 13.9. The number of fused-ring (bicyclic) bond motifs is 1. The molecule has 1 saturated carbocycles. The fourth-order valence-corrected chi connectivity index (χ4v) is 3.84. The molecule has 1 aromatic rings. The van der Waals surface area contributed by atoms with Gasteiger partial charge in [-0.05, 0) is 74.8 Å². The third kappa shape index (κ3) is 2.85. The molecule has 0 saturated heterocycles. The van der Waals surface area contributed by atoms with Crippen LogP contribution in [0.1, 0.15) is 50.2 Å². The maximum absolute atomic E-state index is 6.35. The third-order valence-corrected chi connectivity index (χ3v) is 5.21. The molecular formula is C18H27NO. The Hall–Kier alpha value is -1.02. The van der Waals surface area contributed by atoms with Crippen LogP contribution < -0.4 is 10.1 Å². The number of likely N-dealkylation sites (N-methyl/N-ethyl adjacent to an activating group) is 1. The van der Waals surface area contributed by atoms with Crippen molar-refractivity contribution in [2.24, 2.45) is 5.92 Å². The first kappa shape index (κ1) is 13.9. The van der Waals surface area contributed by atoms with E-state index < -0.39 is 0 Å². The van der Waals surface area contributed by atoms with Gasteiger partial charge in [-0.2, -0.15) is 0 Å². The summed E-state index contributed by atoms with van der Waals surface area (Å²) in [4.78, 5) is 0. The SMILES string of the molecule is CCC1CCC(NC)C(Oc2ccc3c(c2)CCC3)C1. The minimum absolute atomic E-state index is 0.332. The minimum Gasteiger partial charge on any atom is -0.489 e. The average molecular weight is 273 g/mol. The van der Waals surface area contributed by atoms with Crippen LogP contribution in [-0.2, 0) is 12.8 Å². The highest BCUT2D eigenvalue weighted by atomic mass is 16.5. The lowest BCUT2D eigenvalue weighted by Gasteiger charge is -2.36. The number of ether oxygens (including phenoxy) is 1. The second-order valence-electron chi connectivity index (χ2n) is 6.42. The summed E-state index contributed by atoms with van der Waals surface area (Å²) in [5.74, 6) is 1.91. The smallest absolute Gasteiger partial charge is 0.120 e. The van der Waals surface area contributed by atoms with E-state index in [9.17, 15) is 0 Å². The molecule has 0 radical (unpaired) electrons. The Morgan fingerprint density at radius 1 is 1.20 bits per heavy atom. The van der Waals surface area contributed by atoms with E-state index in [1.165, 1.54) is 56.1 Å². The van der Waals surface area contributed by atoms with Gasteiger partial charge in [0.05, 0.1) is 0 Å². The molecule has 0 aromatic heterocycles. The van der Waals surface area contributed by atoms with Gasteiger partial charge in [0.2, 0.25) is 0 Å². The molecule has 0 heterocycles. The van der Waals surface area contributed by atoms with Crippen molar-refractivity contribution < 1.29 is 4.74 Å². The van der Waals surface area contributed by atoms with Gasteiger partial charge < -0.3 is 10.1 Å². The first-order chi connectivity index (χ1) is 9.80. The van der Waals surface area contributed by atoms with E-state index in [0.717, 1.165) is 11.7 Å². The average Bonchev–Trinajstić information content (AvgIpc) is 2.94. The first-order valence-electron chi connectivity index (χ1n) is 8.26. The molecule has 0 bridgehead atoms. The Kier molecular flexibility index (Phi) is 4.30. The Bertz CT molecular complexity index is 457. The van der Waals surface area contributed by atoms with E-state index in [1.807, 2.05) is 0 Å². The molecule has 1 N–H and O–H groups in total. The molecule has 1 aromatic carbocycles. The highest BCUT2D eigenvalue weighted by Gasteiger charge is 2.30. The van der Waals surface area contributed by atoms with Gasteiger partial charge in [0.25, 0.3) is 0 Å². The summed E-state index contributed by atoms with van der Waals surface area (Å²) in [6, 6.07) is 7.23. The quantitative estimate of drug-likeness (QED) is 0.902. The number of hydrogen-bond acceptors (Lipinski definition) is 2. The fourth-order valence-electron chi connectivity index (χ4n) is 3.84. The fraction of sp³-hybridized carbons (Fsp3) is 0.667. The van der Waals surface area contributed by atoms with Crippen molar-refractivity contribution in [2.45, 2.75) is 64.0 Å². The van der Waals surface area contributed by atoms with Crippen molar-refractivity contribution in [3.8, 4) is 5.75 Å². The van der Waals surface area contributed by atoms with Crippen LogP contribution >= 0.6 is 0 Å². The number of aryl methyl sites for hydroxylation is 2. The molecule has 0 spiro atoms. The van der Waals surface area contributed by atoms with Crippen LogP contribution in [0.15, 0.2) is 18.2 Å².